The lowest BCUT2D eigenvalue weighted by atomic mass is 10.2. The highest BCUT2D eigenvalue weighted by Gasteiger charge is 2.03. The van der Waals surface area contributed by atoms with Crippen molar-refractivity contribution >= 4 is 13.2 Å². The molecule has 0 saturated carbocycles. The molecule has 0 aliphatic carbocycles. The second kappa shape index (κ2) is 3.06. The van der Waals surface area contributed by atoms with Crippen LogP contribution in [0.25, 0.3) is 24.4 Å². The second-order valence-electron chi connectivity index (χ2n) is 2.90. The molecular weight excluding hydrogens is 181 g/mol. The van der Waals surface area contributed by atoms with Gasteiger partial charge in [-0.3, -0.25) is 5.10 Å². The first kappa shape index (κ1) is 8.62. The van der Waals surface area contributed by atoms with Crippen molar-refractivity contribution in [3.05, 3.63) is 34.8 Å². The molecule has 2 aromatic heterocycles. The number of hydrogen-bond donors (Lipinski definition) is 1. The fourth-order valence-electron chi connectivity index (χ4n) is 1.19. The number of nitrogens with one attached hydrogen (secondary N) is 1. The standard InChI is InChI=1S/C10H8FN3/c1-6-7(2)13-14-10(6)8-3-4-12-9(11)5-8/h3-5,13H,1-2H2. The lowest BCUT2D eigenvalue weighted by Gasteiger charge is -1.94. The normalized spacial score (nSPS) is 10.4. The third-order valence-corrected chi connectivity index (χ3v) is 1.95. The van der Waals surface area contributed by atoms with Gasteiger partial charge in [-0.15, -0.1) is 0 Å². The molecule has 14 heavy (non-hydrogen) atoms. The Morgan fingerprint density at radius 1 is 1.36 bits per heavy atom. The SMILES string of the molecule is C=c1[nH]nc(-c2ccnc(F)c2)c1=C. The van der Waals surface area contributed by atoms with Crippen molar-refractivity contribution in [2.24, 2.45) is 0 Å². The Hall–Kier alpha value is -1.97. The van der Waals surface area contributed by atoms with Crippen molar-refractivity contribution in [3.63, 3.8) is 0 Å². The van der Waals surface area contributed by atoms with E-state index >= 15 is 0 Å². The Kier molecular flexibility index (Phi) is 1.89. The molecule has 0 unspecified atom stereocenters. The van der Waals surface area contributed by atoms with E-state index in [4.69, 9.17) is 0 Å². The fraction of sp³-hybridized carbons (Fsp3) is 0. The fourth-order valence-corrected chi connectivity index (χ4v) is 1.19. The molecule has 2 aromatic rings. The molecule has 0 aromatic carbocycles. The van der Waals surface area contributed by atoms with Gasteiger partial charge in [-0.25, -0.2) is 4.98 Å². The number of H-pyrrole nitrogens is 1. The summed E-state index contributed by atoms with van der Waals surface area (Å²) in [6, 6.07) is 2.98. The zero-order valence-electron chi connectivity index (χ0n) is 7.42. The largest absolute Gasteiger partial charge is 0.278 e. The summed E-state index contributed by atoms with van der Waals surface area (Å²) in [6.45, 7) is 7.49. The summed E-state index contributed by atoms with van der Waals surface area (Å²) >= 11 is 0. The van der Waals surface area contributed by atoms with Gasteiger partial charge in [0.25, 0.3) is 0 Å². The number of hydrogen-bond acceptors (Lipinski definition) is 2. The van der Waals surface area contributed by atoms with Gasteiger partial charge in [-0.05, 0) is 6.07 Å². The third kappa shape index (κ3) is 1.31. The summed E-state index contributed by atoms with van der Waals surface area (Å²) in [5.41, 5.74) is 1.25. The highest BCUT2D eigenvalue weighted by atomic mass is 19.1. The first-order valence-electron chi connectivity index (χ1n) is 4.02. The molecule has 0 saturated heterocycles. The van der Waals surface area contributed by atoms with Crippen molar-refractivity contribution in [1.82, 2.24) is 15.2 Å². The molecule has 0 spiro atoms. The molecule has 1 N–H and O–H groups in total. The Morgan fingerprint density at radius 2 is 2.14 bits per heavy atom. The lowest BCUT2D eigenvalue weighted by Crippen LogP contribution is -2.19. The van der Waals surface area contributed by atoms with Gasteiger partial charge in [0.15, 0.2) is 0 Å². The molecule has 0 fully saturated rings. The van der Waals surface area contributed by atoms with E-state index < -0.39 is 5.95 Å². The molecular formula is C10H8FN3. The molecule has 0 aliphatic heterocycles. The lowest BCUT2D eigenvalue weighted by molar-refractivity contribution is 0.584. The van der Waals surface area contributed by atoms with Crippen molar-refractivity contribution in [2.45, 2.75) is 0 Å². The van der Waals surface area contributed by atoms with Gasteiger partial charge >= 0.3 is 0 Å². The predicted octanol–water partition coefficient (Wildman–Crippen LogP) is 0.431. The minimum absolute atomic E-state index is 0.532. The van der Waals surface area contributed by atoms with E-state index in [1.165, 1.54) is 12.3 Å². The first-order valence-corrected chi connectivity index (χ1v) is 4.02. The number of aromatic nitrogens is 3. The summed E-state index contributed by atoms with van der Waals surface area (Å²) in [6.07, 6.45) is 1.39. The zero-order chi connectivity index (χ0) is 10.1. The molecule has 0 bridgehead atoms. The monoisotopic (exact) mass is 189 g/mol. The first-order chi connectivity index (χ1) is 6.68. The number of halogens is 1. The van der Waals surface area contributed by atoms with Gasteiger partial charge in [-0.2, -0.15) is 9.49 Å². The van der Waals surface area contributed by atoms with Crippen LogP contribution in [-0.4, -0.2) is 15.2 Å². The highest BCUT2D eigenvalue weighted by molar-refractivity contribution is 5.58. The molecule has 0 aliphatic rings. The van der Waals surface area contributed by atoms with Crippen LogP contribution in [0.15, 0.2) is 18.3 Å². The topological polar surface area (TPSA) is 41.6 Å². The number of pyridine rings is 1. The average Bonchev–Trinajstić information content (AvgIpc) is 2.48. The van der Waals surface area contributed by atoms with Crippen molar-refractivity contribution in [1.29, 1.82) is 0 Å². The molecule has 4 heteroatoms. The molecule has 0 amide bonds. The Balaban J connectivity index is 2.66. The Bertz CT molecular complexity index is 559. The van der Waals surface area contributed by atoms with Crippen LogP contribution >= 0.6 is 0 Å². The van der Waals surface area contributed by atoms with E-state index in [-0.39, 0.29) is 0 Å². The van der Waals surface area contributed by atoms with E-state index in [2.05, 4.69) is 28.3 Å². The van der Waals surface area contributed by atoms with Crippen LogP contribution in [0.5, 0.6) is 0 Å². The Labute approximate surface area is 79.6 Å². The van der Waals surface area contributed by atoms with Gasteiger partial charge in [0.1, 0.15) is 0 Å². The maximum Gasteiger partial charge on any atom is 0.213 e. The second-order valence-corrected chi connectivity index (χ2v) is 2.90. The smallest absolute Gasteiger partial charge is 0.213 e. The van der Waals surface area contributed by atoms with Crippen LogP contribution in [-0.2, 0) is 0 Å². The number of rotatable bonds is 1. The van der Waals surface area contributed by atoms with E-state index in [0.29, 0.717) is 21.8 Å². The van der Waals surface area contributed by atoms with Gasteiger partial charge in [0.2, 0.25) is 5.95 Å². The van der Waals surface area contributed by atoms with E-state index in [1.54, 1.807) is 6.07 Å². The van der Waals surface area contributed by atoms with Gasteiger partial charge in [0, 0.05) is 23.0 Å². The van der Waals surface area contributed by atoms with E-state index in [9.17, 15) is 4.39 Å². The molecule has 0 radical (unpaired) electrons. The van der Waals surface area contributed by atoms with Crippen molar-refractivity contribution < 1.29 is 4.39 Å². The number of nitrogens with zero attached hydrogens (tertiary/aromatic N) is 2. The van der Waals surface area contributed by atoms with E-state index in [0.717, 1.165) is 0 Å². The summed E-state index contributed by atoms with van der Waals surface area (Å²) in [4.78, 5) is 3.46. The summed E-state index contributed by atoms with van der Waals surface area (Å²) in [5.74, 6) is -0.532. The van der Waals surface area contributed by atoms with E-state index in [1.807, 2.05) is 0 Å². The predicted molar refractivity (Wildman–Crippen MR) is 52.1 cm³/mol. The van der Waals surface area contributed by atoms with Gasteiger partial charge < -0.3 is 0 Å². The van der Waals surface area contributed by atoms with Crippen molar-refractivity contribution in [2.75, 3.05) is 0 Å². The zero-order valence-corrected chi connectivity index (χ0v) is 7.42. The molecule has 2 heterocycles. The van der Waals surface area contributed by atoms with Crippen LogP contribution in [0.2, 0.25) is 0 Å². The van der Waals surface area contributed by atoms with Crippen LogP contribution in [0.3, 0.4) is 0 Å². The molecule has 3 nitrogen and oxygen atoms in total. The quantitative estimate of drug-likeness (QED) is 0.661. The van der Waals surface area contributed by atoms with Gasteiger partial charge in [0.05, 0.1) is 11.0 Å². The summed E-state index contributed by atoms with van der Waals surface area (Å²) in [7, 11) is 0. The van der Waals surface area contributed by atoms with Gasteiger partial charge in [-0.1, -0.05) is 13.2 Å². The Morgan fingerprint density at radius 3 is 2.71 bits per heavy atom. The minimum Gasteiger partial charge on any atom is -0.278 e. The average molecular weight is 189 g/mol. The third-order valence-electron chi connectivity index (χ3n) is 1.95. The summed E-state index contributed by atoms with van der Waals surface area (Å²) in [5, 5.41) is 7.98. The molecule has 70 valence electrons. The summed E-state index contributed by atoms with van der Waals surface area (Å²) < 4.78 is 12.8. The van der Waals surface area contributed by atoms with Crippen LogP contribution in [0.4, 0.5) is 4.39 Å². The molecule has 0 atom stereocenters. The van der Waals surface area contributed by atoms with Crippen LogP contribution in [0.1, 0.15) is 0 Å². The van der Waals surface area contributed by atoms with Crippen LogP contribution < -0.4 is 10.6 Å². The molecule has 2 rings (SSSR count). The van der Waals surface area contributed by atoms with Crippen molar-refractivity contribution in [3.8, 4) is 11.3 Å². The highest BCUT2D eigenvalue weighted by Crippen LogP contribution is 2.10. The minimum atomic E-state index is -0.532. The maximum absolute atomic E-state index is 12.8. The van der Waals surface area contributed by atoms with Crippen LogP contribution in [0, 0.1) is 5.95 Å². The maximum atomic E-state index is 12.8. The number of aromatic amines is 1.